The molecule has 0 spiro atoms. The fraction of sp³-hybridized carbons (Fsp3) is 0.353. The van der Waals surface area contributed by atoms with Gasteiger partial charge in [-0.2, -0.15) is 0 Å². The second-order valence-electron chi connectivity index (χ2n) is 5.37. The van der Waals surface area contributed by atoms with Crippen LogP contribution in [0.3, 0.4) is 0 Å². The van der Waals surface area contributed by atoms with Crippen LogP contribution in [0.1, 0.15) is 24.5 Å². The van der Waals surface area contributed by atoms with Crippen LogP contribution in [-0.2, 0) is 21.7 Å². The van der Waals surface area contributed by atoms with Gasteiger partial charge in [0.15, 0.2) is 0 Å². The molecule has 0 N–H and O–H groups in total. The van der Waals surface area contributed by atoms with E-state index in [4.69, 9.17) is 32.7 Å². The van der Waals surface area contributed by atoms with Crippen molar-refractivity contribution in [3.05, 3.63) is 63.9 Å². The number of rotatable bonds is 4. The highest BCUT2D eigenvalue weighted by Gasteiger charge is 2.43. The summed E-state index contributed by atoms with van der Waals surface area (Å²) in [6.07, 6.45) is 5.01. The molecule has 2 atom stereocenters. The van der Waals surface area contributed by atoms with Gasteiger partial charge in [0.05, 0.1) is 12.7 Å². The number of pyridine rings is 1. The maximum Gasteiger partial charge on any atom is 0.200 e. The quantitative estimate of drug-likeness (QED) is 0.816. The summed E-state index contributed by atoms with van der Waals surface area (Å²) in [4.78, 5) is 4.19. The maximum atomic E-state index is 6.32. The van der Waals surface area contributed by atoms with Crippen LogP contribution in [0.25, 0.3) is 0 Å². The van der Waals surface area contributed by atoms with Crippen molar-refractivity contribution in [1.82, 2.24) is 4.98 Å². The Hall–Kier alpha value is -1.13. The van der Waals surface area contributed by atoms with Gasteiger partial charge in [-0.15, -0.1) is 0 Å². The standard InChI is InChI=1S/C17H17Cl2NO2/c1-2-15-11-21-17(22-15,13-4-3-7-20-10-13)9-12-5-6-14(18)8-16(12)19/h3-8,10,15H,2,9,11H2,1H3. The molecule has 1 fully saturated rings. The minimum absolute atomic E-state index is 0.0753. The molecule has 116 valence electrons. The summed E-state index contributed by atoms with van der Waals surface area (Å²) in [5, 5.41) is 1.23. The number of nitrogens with zero attached hydrogens (tertiary/aromatic N) is 1. The van der Waals surface area contributed by atoms with Crippen LogP contribution in [0.15, 0.2) is 42.7 Å². The molecule has 1 saturated heterocycles. The Bertz CT molecular complexity index is 650. The van der Waals surface area contributed by atoms with Gasteiger partial charge in [-0.1, -0.05) is 42.3 Å². The Morgan fingerprint density at radius 3 is 2.82 bits per heavy atom. The predicted molar refractivity (Wildman–Crippen MR) is 87.2 cm³/mol. The first kappa shape index (κ1) is 15.8. The van der Waals surface area contributed by atoms with Crippen molar-refractivity contribution >= 4 is 23.2 Å². The third-order valence-electron chi connectivity index (χ3n) is 3.85. The molecular formula is C17H17Cl2NO2. The number of ether oxygens (including phenoxy) is 2. The minimum Gasteiger partial charge on any atom is -0.343 e. The van der Waals surface area contributed by atoms with E-state index in [1.165, 1.54) is 0 Å². The lowest BCUT2D eigenvalue weighted by atomic mass is 9.98. The van der Waals surface area contributed by atoms with E-state index in [1.807, 2.05) is 24.3 Å². The van der Waals surface area contributed by atoms with E-state index in [0.717, 1.165) is 17.5 Å². The molecule has 0 radical (unpaired) electrons. The average Bonchev–Trinajstić information content (AvgIpc) is 2.96. The third kappa shape index (κ3) is 3.13. The Kier molecular flexibility index (Phi) is 4.69. The SMILES string of the molecule is CCC1COC(Cc2ccc(Cl)cc2Cl)(c2cccnc2)O1. The molecule has 3 nitrogen and oxygen atoms in total. The average molecular weight is 338 g/mol. The summed E-state index contributed by atoms with van der Waals surface area (Å²) in [7, 11) is 0. The molecule has 22 heavy (non-hydrogen) atoms. The van der Waals surface area contributed by atoms with E-state index < -0.39 is 5.79 Å². The Labute approximate surface area is 140 Å². The number of hydrogen-bond donors (Lipinski definition) is 0. The van der Waals surface area contributed by atoms with E-state index in [0.29, 0.717) is 23.1 Å². The van der Waals surface area contributed by atoms with Crippen molar-refractivity contribution in [2.75, 3.05) is 6.61 Å². The normalized spacial score (nSPS) is 24.6. The topological polar surface area (TPSA) is 31.4 Å². The number of hydrogen-bond acceptors (Lipinski definition) is 3. The zero-order valence-electron chi connectivity index (χ0n) is 12.3. The first-order chi connectivity index (χ1) is 10.6. The third-order valence-corrected chi connectivity index (χ3v) is 4.44. The predicted octanol–water partition coefficient (Wildman–Crippen LogP) is 4.61. The van der Waals surface area contributed by atoms with Gasteiger partial charge < -0.3 is 9.47 Å². The fourth-order valence-corrected chi connectivity index (χ4v) is 3.09. The summed E-state index contributed by atoms with van der Waals surface area (Å²) in [5.41, 5.74) is 1.84. The van der Waals surface area contributed by atoms with Gasteiger partial charge in [-0.05, 0) is 30.2 Å². The molecule has 3 rings (SSSR count). The highest BCUT2D eigenvalue weighted by molar-refractivity contribution is 6.35. The molecule has 1 aliphatic heterocycles. The lowest BCUT2D eigenvalue weighted by molar-refractivity contribution is -0.176. The van der Waals surface area contributed by atoms with Crippen LogP contribution in [0.5, 0.6) is 0 Å². The highest BCUT2D eigenvalue weighted by Crippen LogP contribution is 2.39. The summed E-state index contributed by atoms with van der Waals surface area (Å²) in [5.74, 6) is -0.841. The first-order valence-corrected chi connectivity index (χ1v) is 8.05. The molecule has 1 aromatic heterocycles. The van der Waals surface area contributed by atoms with E-state index >= 15 is 0 Å². The smallest absolute Gasteiger partial charge is 0.200 e. The highest BCUT2D eigenvalue weighted by atomic mass is 35.5. The number of aromatic nitrogens is 1. The monoisotopic (exact) mass is 337 g/mol. The largest absolute Gasteiger partial charge is 0.343 e. The Balaban J connectivity index is 1.96. The van der Waals surface area contributed by atoms with Crippen molar-refractivity contribution < 1.29 is 9.47 Å². The van der Waals surface area contributed by atoms with Crippen molar-refractivity contribution in [3.63, 3.8) is 0 Å². The fourth-order valence-electron chi connectivity index (χ4n) is 2.62. The molecule has 1 aliphatic rings. The van der Waals surface area contributed by atoms with Gasteiger partial charge in [0.25, 0.3) is 0 Å². The molecule has 1 aromatic carbocycles. The number of halogens is 2. The number of benzene rings is 1. The van der Waals surface area contributed by atoms with Crippen LogP contribution in [0, 0.1) is 0 Å². The molecule has 2 aromatic rings. The molecule has 0 amide bonds. The van der Waals surface area contributed by atoms with E-state index in [1.54, 1.807) is 18.5 Å². The van der Waals surface area contributed by atoms with Crippen molar-refractivity contribution in [2.24, 2.45) is 0 Å². The van der Waals surface area contributed by atoms with Gasteiger partial charge in [-0.3, -0.25) is 4.98 Å². The van der Waals surface area contributed by atoms with Crippen LogP contribution in [0.2, 0.25) is 10.0 Å². The second kappa shape index (κ2) is 6.55. The summed E-state index contributed by atoms with van der Waals surface area (Å²) in [6, 6.07) is 9.32. The van der Waals surface area contributed by atoms with Gasteiger partial charge in [0, 0.05) is 34.4 Å². The summed E-state index contributed by atoms with van der Waals surface area (Å²) >= 11 is 12.3. The lowest BCUT2D eigenvalue weighted by Gasteiger charge is -2.29. The van der Waals surface area contributed by atoms with E-state index in [9.17, 15) is 0 Å². The molecule has 2 heterocycles. The van der Waals surface area contributed by atoms with Crippen molar-refractivity contribution in [3.8, 4) is 0 Å². The van der Waals surface area contributed by atoms with E-state index in [-0.39, 0.29) is 6.10 Å². The molecule has 2 unspecified atom stereocenters. The van der Waals surface area contributed by atoms with Crippen molar-refractivity contribution in [1.29, 1.82) is 0 Å². The van der Waals surface area contributed by atoms with Crippen LogP contribution in [-0.4, -0.2) is 17.7 Å². The molecule has 5 heteroatoms. The molecule has 0 saturated carbocycles. The van der Waals surface area contributed by atoms with Gasteiger partial charge in [0.2, 0.25) is 5.79 Å². The Morgan fingerprint density at radius 2 is 2.18 bits per heavy atom. The summed E-state index contributed by atoms with van der Waals surface area (Å²) < 4.78 is 12.3. The van der Waals surface area contributed by atoms with Crippen LogP contribution < -0.4 is 0 Å². The lowest BCUT2D eigenvalue weighted by Crippen LogP contribution is -2.31. The van der Waals surface area contributed by atoms with Crippen LogP contribution >= 0.6 is 23.2 Å². The van der Waals surface area contributed by atoms with Gasteiger partial charge >= 0.3 is 0 Å². The zero-order valence-corrected chi connectivity index (χ0v) is 13.8. The summed E-state index contributed by atoms with van der Waals surface area (Å²) in [6.45, 7) is 2.65. The molecule has 0 aliphatic carbocycles. The minimum atomic E-state index is -0.841. The van der Waals surface area contributed by atoms with E-state index in [2.05, 4.69) is 11.9 Å². The van der Waals surface area contributed by atoms with Crippen molar-refractivity contribution in [2.45, 2.75) is 31.7 Å². The van der Waals surface area contributed by atoms with Crippen LogP contribution in [0.4, 0.5) is 0 Å². The zero-order chi connectivity index (χ0) is 15.6. The van der Waals surface area contributed by atoms with Gasteiger partial charge in [0.1, 0.15) is 0 Å². The molecule has 0 bridgehead atoms. The maximum absolute atomic E-state index is 6.32. The Morgan fingerprint density at radius 1 is 1.32 bits per heavy atom. The van der Waals surface area contributed by atoms with Gasteiger partial charge in [-0.25, -0.2) is 0 Å². The first-order valence-electron chi connectivity index (χ1n) is 7.29. The second-order valence-corrected chi connectivity index (χ2v) is 6.21. The molecular weight excluding hydrogens is 321 g/mol.